The van der Waals surface area contributed by atoms with Gasteiger partial charge in [0, 0.05) is 14.1 Å². The lowest BCUT2D eigenvalue weighted by molar-refractivity contribution is -0.533. The van der Waals surface area contributed by atoms with Crippen molar-refractivity contribution in [3.05, 3.63) is 35.9 Å². The molecule has 0 saturated carbocycles. The number of benzene rings is 1. The molecule has 2 aliphatic heterocycles. The van der Waals surface area contributed by atoms with Crippen LogP contribution in [-0.2, 0) is 16.0 Å². The molecule has 0 aromatic heterocycles. The van der Waals surface area contributed by atoms with E-state index in [9.17, 15) is 14.4 Å². The summed E-state index contributed by atoms with van der Waals surface area (Å²) in [4.78, 5) is 43.5. The summed E-state index contributed by atoms with van der Waals surface area (Å²) in [5.41, 5.74) is 1.23. The molecule has 1 aromatic carbocycles. The van der Waals surface area contributed by atoms with Gasteiger partial charge in [-0.1, -0.05) is 30.3 Å². The van der Waals surface area contributed by atoms with Crippen molar-refractivity contribution in [2.45, 2.75) is 25.8 Å². The molecule has 0 radical (unpaired) electrons. The summed E-state index contributed by atoms with van der Waals surface area (Å²) in [6.07, 6.45) is 1.71. The van der Waals surface area contributed by atoms with Gasteiger partial charge in [-0.2, -0.15) is 0 Å². The number of Topliss-reactive ketones (excluding diaryl/α,β-unsaturated/α-hetero) is 1. The quantitative estimate of drug-likeness (QED) is 0.695. The van der Waals surface area contributed by atoms with Crippen LogP contribution in [0.2, 0.25) is 0 Å². The highest BCUT2D eigenvalue weighted by molar-refractivity contribution is 8.14. The van der Waals surface area contributed by atoms with E-state index in [0.717, 1.165) is 17.7 Å². The molecular formula is C19H23N4O3S+. The molecule has 8 heteroatoms. The predicted molar refractivity (Wildman–Crippen MR) is 105 cm³/mol. The number of urea groups is 1. The lowest BCUT2D eigenvalue weighted by Crippen LogP contribution is -2.61. The molecule has 2 heterocycles. The van der Waals surface area contributed by atoms with Crippen LogP contribution in [0.1, 0.15) is 18.9 Å². The molecule has 0 spiro atoms. The molecule has 1 aromatic rings. The van der Waals surface area contributed by atoms with Gasteiger partial charge in [-0.25, -0.2) is 9.37 Å². The summed E-state index contributed by atoms with van der Waals surface area (Å²) in [7, 11) is 3.11. The summed E-state index contributed by atoms with van der Waals surface area (Å²) in [6.45, 7) is 2.14. The molecular weight excluding hydrogens is 364 g/mol. The number of amides is 3. The third-order valence-electron chi connectivity index (χ3n) is 4.61. The minimum atomic E-state index is -0.608. The van der Waals surface area contributed by atoms with Gasteiger partial charge in [-0.05, 0) is 42.1 Å². The molecule has 1 saturated heterocycles. The Labute approximate surface area is 162 Å². The van der Waals surface area contributed by atoms with Crippen molar-refractivity contribution < 1.29 is 19.0 Å². The summed E-state index contributed by atoms with van der Waals surface area (Å²) >= 11 is 1.32. The van der Waals surface area contributed by atoms with Gasteiger partial charge in [0.05, 0.1) is 12.3 Å². The number of imide groups is 1. The van der Waals surface area contributed by atoms with Crippen LogP contribution in [0.25, 0.3) is 0 Å². The molecule has 7 nitrogen and oxygen atoms in total. The van der Waals surface area contributed by atoms with Crippen LogP contribution in [0.4, 0.5) is 4.79 Å². The molecule has 1 atom stereocenters. The summed E-state index contributed by atoms with van der Waals surface area (Å²) < 4.78 is 1.92. The van der Waals surface area contributed by atoms with Crippen molar-refractivity contribution in [1.29, 1.82) is 0 Å². The predicted octanol–water partition coefficient (Wildman–Crippen LogP) is 1.61. The molecule has 1 fully saturated rings. The molecule has 3 rings (SSSR count). The van der Waals surface area contributed by atoms with E-state index >= 15 is 0 Å². The van der Waals surface area contributed by atoms with Gasteiger partial charge in [-0.3, -0.25) is 19.4 Å². The first-order valence-corrected chi connectivity index (χ1v) is 9.82. The molecule has 142 valence electrons. The molecule has 0 N–H and O–H groups in total. The third kappa shape index (κ3) is 3.95. The Morgan fingerprint density at radius 1 is 1.19 bits per heavy atom. The molecule has 3 amide bonds. The topological polar surface area (TPSA) is 73.1 Å². The van der Waals surface area contributed by atoms with Crippen molar-refractivity contribution in [1.82, 2.24) is 9.80 Å². The fourth-order valence-electron chi connectivity index (χ4n) is 3.18. The van der Waals surface area contributed by atoms with Crippen LogP contribution in [0, 0.1) is 0 Å². The largest absolute Gasteiger partial charge is 0.358 e. The van der Waals surface area contributed by atoms with Crippen molar-refractivity contribution >= 4 is 40.5 Å². The van der Waals surface area contributed by atoms with Gasteiger partial charge in [0.15, 0.2) is 0 Å². The van der Waals surface area contributed by atoms with Crippen molar-refractivity contribution in [2.75, 3.05) is 26.4 Å². The fourth-order valence-corrected chi connectivity index (χ4v) is 4.03. The number of carbonyl (C=O) groups excluding carboxylic acids is 3. The SMILES string of the molecule is CC(=O)CSC1=[N+](CCCc2ccccc2)C2C(=O)N(C)C(=O)N(C)C2=N1. The Balaban J connectivity index is 1.82. The minimum absolute atomic E-state index is 0.0414. The van der Waals surface area contributed by atoms with E-state index < -0.39 is 12.1 Å². The van der Waals surface area contributed by atoms with Crippen molar-refractivity contribution in [2.24, 2.45) is 4.99 Å². The number of hydrogen-bond donors (Lipinski definition) is 0. The highest BCUT2D eigenvalue weighted by atomic mass is 32.2. The number of hydrogen-bond acceptors (Lipinski definition) is 5. The van der Waals surface area contributed by atoms with Gasteiger partial charge in [0.2, 0.25) is 0 Å². The second kappa shape index (κ2) is 8.04. The lowest BCUT2D eigenvalue weighted by atomic mass is 10.1. The highest BCUT2D eigenvalue weighted by Gasteiger charge is 2.52. The Morgan fingerprint density at radius 2 is 1.89 bits per heavy atom. The standard InChI is InChI=1S/C19H23N4O3S/c1-13(24)12-27-18-20-16-15(17(25)22(3)19(26)21(16)2)23(18)11-7-10-14-8-5-4-6-9-14/h4-6,8-9,15H,7,10-12H2,1-3H3/q+1. The maximum absolute atomic E-state index is 12.8. The van der Waals surface area contributed by atoms with Crippen LogP contribution in [0.15, 0.2) is 35.3 Å². The van der Waals surface area contributed by atoms with E-state index in [4.69, 9.17) is 0 Å². The Hall–Kier alpha value is -2.48. The zero-order chi connectivity index (χ0) is 19.6. The summed E-state index contributed by atoms with van der Waals surface area (Å²) in [6, 6.07) is 9.15. The molecule has 0 aliphatic carbocycles. The summed E-state index contributed by atoms with van der Waals surface area (Å²) in [5.74, 6) is 0.485. The average Bonchev–Trinajstić information content (AvgIpc) is 3.02. The number of aliphatic imine (C=N–C) groups is 1. The van der Waals surface area contributed by atoms with E-state index in [-0.39, 0.29) is 17.4 Å². The fraction of sp³-hybridized carbons (Fsp3) is 0.421. The zero-order valence-corrected chi connectivity index (χ0v) is 16.5. The Kier molecular flexibility index (Phi) is 5.74. The molecule has 2 aliphatic rings. The first kappa shape index (κ1) is 19.3. The van der Waals surface area contributed by atoms with E-state index in [1.54, 1.807) is 7.05 Å². The first-order chi connectivity index (χ1) is 12.9. The number of amidine groups is 2. The van der Waals surface area contributed by atoms with Crippen LogP contribution in [0.3, 0.4) is 0 Å². The number of fused-ring (bicyclic) bond motifs is 1. The maximum Gasteiger partial charge on any atom is 0.358 e. The number of nitrogens with zero attached hydrogens (tertiary/aromatic N) is 4. The number of thioether (sulfide) groups is 1. The Morgan fingerprint density at radius 3 is 2.56 bits per heavy atom. The number of ketones is 1. The second-order valence-corrected chi connectivity index (χ2v) is 7.61. The molecule has 0 bridgehead atoms. The first-order valence-electron chi connectivity index (χ1n) is 8.83. The average molecular weight is 387 g/mol. The number of rotatable bonds is 6. The second-order valence-electron chi connectivity index (χ2n) is 6.67. The van der Waals surface area contributed by atoms with E-state index in [1.165, 1.54) is 36.2 Å². The lowest BCUT2D eigenvalue weighted by Gasteiger charge is -2.30. The summed E-state index contributed by atoms with van der Waals surface area (Å²) in [5, 5.41) is 0.626. The monoisotopic (exact) mass is 387 g/mol. The smallest absolute Gasteiger partial charge is 0.299 e. The van der Waals surface area contributed by atoms with E-state index in [1.807, 2.05) is 22.8 Å². The normalized spacial score (nSPS) is 19.5. The van der Waals surface area contributed by atoms with Gasteiger partial charge >= 0.3 is 11.2 Å². The van der Waals surface area contributed by atoms with E-state index in [2.05, 4.69) is 17.1 Å². The van der Waals surface area contributed by atoms with Crippen molar-refractivity contribution in [3.8, 4) is 0 Å². The van der Waals surface area contributed by atoms with Crippen LogP contribution < -0.4 is 0 Å². The van der Waals surface area contributed by atoms with Crippen molar-refractivity contribution in [3.63, 3.8) is 0 Å². The zero-order valence-electron chi connectivity index (χ0n) is 15.7. The number of likely N-dealkylation sites (N-methyl/N-ethyl adjacent to an activating group) is 2. The number of aryl methyl sites for hydroxylation is 1. The molecule has 27 heavy (non-hydrogen) atoms. The van der Waals surface area contributed by atoms with Crippen LogP contribution in [-0.4, -0.2) is 75.5 Å². The van der Waals surface area contributed by atoms with Crippen LogP contribution >= 0.6 is 11.8 Å². The van der Waals surface area contributed by atoms with Gasteiger partial charge < -0.3 is 0 Å². The van der Waals surface area contributed by atoms with Gasteiger partial charge in [0.1, 0.15) is 5.78 Å². The Bertz CT molecular complexity index is 835. The minimum Gasteiger partial charge on any atom is -0.299 e. The van der Waals surface area contributed by atoms with Gasteiger partial charge in [0.25, 0.3) is 17.8 Å². The van der Waals surface area contributed by atoms with Gasteiger partial charge in [-0.15, -0.1) is 0 Å². The van der Waals surface area contributed by atoms with E-state index in [0.29, 0.717) is 17.5 Å². The molecule has 1 unspecified atom stereocenters. The highest BCUT2D eigenvalue weighted by Crippen LogP contribution is 2.23. The van der Waals surface area contributed by atoms with Crippen LogP contribution in [0.5, 0.6) is 0 Å². The maximum atomic E-state index is 12.8. The number of carbonyl (C=O) groups is 3. The third-order valence-corrected chi connectivity index (χ3v) is 5.74.